The predicted octanol–water partition coefficient (Wildman–Crippen LogP) is 3.45. The van der Waals surface area contributed by atoms with Gasteiger partial charge in [-0.05, 0) is 37.7 Å². The third-order valence-electron chi connectivity index (χ3n) is 3.72. The van der Waals surface area contributed by atoms with Gasteiger partial charge < -0.3 is 9.52 Å². The van der Waals surface area contributed by atoms with E-state index in [-0.39, 0.29) is 6.10 Å². The van der Waals surface area contributed by atoms with Crippen LogP contribution in [0.2, 0.25) is 0 Å². The monoisotopic (exact) mass is 208 g/mol. The zero-order chi connectivity index (χ0) is 10.8. The highest BCUT2D eigenvalue weighted by Crippen LogP contribution is 2.37. The number of rotatable bonds is 2. The summed E-state index contributed by atoms with van der Waals surface area (Å²) in [5.74, 6) is 2.12. The Morgan fingerprint density at radius 2 is 2.00 bits per heavy atom. The van der Waals surface area contributed by atoms with Gasteiger partial charge in [-0.2, -0.15) is 0 Å². The first kappa shape index (κ1) is 10.7. The van der Waals surface area contributed by atoms with E-state index in [0.717, 1.165) is 30.1 Å². The fraction of sp³-hybridized carbons (Fsp3) is 0.692. The Kier molecular flexibility index (Phi) is 3.15. The largest absolute Gasteiger partial charge is 0.469 e. The molecular weight excluding hydrogens is 188 g/mol. The van der Waals surface area contributed by atoms with E-state index < -0.39 is 0 Å². The summed E-state index contributed by atoms with van der Waals surface area (Å²) in [6.07, 6.45) is 6.13. The summed E-state index contributed by atoms with van der Waals surface area (Å²) in [5, 5.41) is 10.2. The van der Waals surface area contributed by atoms with Gasteiger partial charge >= 0.3 is 0 Å². The number of aryl methyl sites for hydroxylation is 1. The van der Waals surface area contributed by atoms with Crippen LogP contribution < -0.4 is 0 Å². The topological polar surface area (TPSA) is 33.4 Å². The van der Waals surface area contributed by atoms with Crippen LogP contribution in [0, 0.1) is 18.8 Å². The van der Waals surface area contributed by atoms with Crippen molar-refractivity contribution in [2.45, 2.75) is 45.6 Å². The SMILES string of the molecule is Cc1occc1C(O)C1CCC(C)CC1. The van der Waals surface area contributed by atoms with Crippen LogP contribution in [-0.2, 0) is 0 Å². The van der Waals surface area contributed by atoms with Crippen molar-refractivity contribution in [1.82, 2.24) is 0 Å². The molecule has 15 heavy (non-hydrogen) atoms. The molecule has 0 saturated heterocycles. The van der Waals surface area contributed by atoms with Gasteiger partial charge in [-0.1, -0.05) is 19.8 Å². The molecule has 2 heteroatoms. The van der Waals surface area contributed by atoms with Crippen LogP contribution in [-0.4, -0.2) is 5.11 Å². The second-order valence-electron chi connectivity index (χ2n) is 4.90. The van der Waals surface area contributed by atoms with Gasteiger partial charge in [0.15, 0.2) is 0 Å². The fourth-order valence-corrected chi connectivity index (χ4v) is 2.56. The molecule has 2 rings (SSSR count). The summed E-state index contributed by atoms with van der Waals surface area (Å²) in [5.41, 5.74) is 0.981. The molecule has 1 saturated carbocycles. The van der Waals surface area contributed by atoms with Crippen LogP contribution in [0.3, 0.4) is 0 Å². The van der Waals surface area contributed by atoms with Gasteiger partial charge in [0.2, 0.25) is 0 Å². The molecule has 1 unspecified atom stereocenters. The molecule has 1 aliphatic rings. The highest BCUT2D eigenvalue weighted by atomic mass is 16.3. The van der Waals surface area contributed by atoms with E-state index in [4.69, 9.17) is 4.42 Å². The molecule has 2 nitrogen and oxygen atoms in total. The summed E-state index contributed by atoms with van der Waals surface area (Å²) < 4.78 is 5.24. The first-order chi connectivity index (χ1) is 7.18. The van der Waals surface area contributed by atoms with Crippen LogP contribution in [0.15, 0.2) is 16.7 Å². The maximum Gasteiger partial charge on any atom is 0.106 e. The van der Waals surface area contributed by atoms with Crippen LogP contribution >= 0.6 is 0 Å². The molecule has 0 amide bonds. The van der Waals surface area contributed by atoms with Gasteiger partial charge in [0, 0.05) is 5.56 Å². The smallest absolute Gasteiger partial charge is 0.106 e. The van der Waals surface area contributed by atoms with Crippen LogP contribution in [0.5, 0.6) is 0 Å². The normalized spacial score (nSPS) is 29.0. The summed E-state index contributed by atoms with van der Waals surface area (Å²) in [6, 6.07) is 1.90. The molecule has 0 bridgehead atoms. The third-order valence-corrected chi connectivity index (χ3v) is 3.72. The van der Waals surface area contributed by atoms with E-state index in [0.29, 0.717) is 5.92 Å². The van der Waals surface area contributed by atoms with E-state index in [2.05, 4.69) is 6.92 Å². The molecule has 0 aliphatic heterocycles. The molecule has 0 spiro atoms. The lowest BCUT2D eigenvalue weighted by atomic mass is 9.78. The van der Waals surface area contributed by atoms with Crippen LogP contribution in [0.1, 0.15) is 50.0 Å². The van der Waals surface area contributed by atoms with Crippen molar-refractivity contribution >= 4 is 0 Å². The number of furan rings is 1. The van der Waals surface area contributed by atoms with Crippen LogP contribution in [0.25, 0.3) is 0 Å². The Labute approximate surface area is 91.3 Å². The number of hydrogen-bond acceptors (Lipinski definition) is 2. The molecule has 1 atom stereocenters. The Balaban J connectivity index is 2.02. The van der Waals surface area contributed by atoms with Gasteiger partial charge in [-0.25, -0.2) is 0 Å². The molecule has 1 aromatic heterocycles. The quantitative estimate of drug-likeness (QED) is 0.807. The van der Waals surface area contributed by atoms with Gasteiger partial charge in [0.1, 0.15) is 5.76 Å². The Morgan fingerprint density at radius 1 is 1.33 bits per heavy atom. The van der Waals surface area contributed by atoms with Gasteiger partial charge in [-0.3, -0.25) is 0 Å². The lowest BCUT2D eigenvalue weighted by molar-refractivity contribution is 0.0744. The highest BCUT2D eigenvalue weighted by molar-refractivity contribution is 5.19. The van der Waals surface area contributed by atoms with Crippen molar-refractivity contribution in [3.63, 3.8) is 0 Å². The maximum atomic E-state index is 10.2. The molecule has 84 valence electrons. The molecule has 1 heterocycles. The third kappa shape index (κ3) is 2.25. The standard InChI is InChI=1S/C13H20O2/c1-9-3-5-11(6-4-9)13(14)12-7-8-15-10(12)2/h7-9,11,13-14H,3-6H2,1-2H3. The molecule has 1 fully saturated rings. The van der Waals surface area contributed by atoms with Crippen molar-refractivity contribution in [2.75, 3.05) is 0 Å². The van der Waals surface area contributed by atoms with Crippen molar-refractivity contribution in [2.24, 2.45) is 11.8 Å². The number of hydrogen-bond donors (Lipinski definition) is 1. The molecule has 1 aromatic rings. The molecule has 0 radical (unpaired) electrons. The van der Waals surface area contributed by atoms with E-state index >= 15 is 0 Å². The van der Waals surface area contributed by atoms with Gasteiger partial charge in [-0.15, -0.1) is 0 Å². The predicted molar refractivity (Wildman–Crippen MR) is 59.5 cm³/mol. The van der Waals surface area contributed by atoms with E-state index in [1.165, 1.54) is 12.8 Å². The first-order valence-electron chi connectivity index (χ1n) is 5.90. The second-order valence-corrected chi connectivity index (χ2v) is 4.90. The second kappa shape index (κ2) is 4.40. The maximum absolute atomic E-state index is 10.2. The van der Waals surface area contributed by atoms with Crippen molar-refractivity contribution in [3.8, 4) is 0 Å². The minimum Gasteiger partial charge on any atom is -0.469 e. The zero-order valence-corrected chi connectivity index (χ0v) is 9.57. The lowest BCUT2D eigenvalue weighted by Crippen LogP contribution is -2.19. The van der Waals surface area contributed by atoms with Gasteiger partial charge in [0.25, 0.3) is 0 Å². The van der Waals surface area contributed by atoms with E-state index in [1.54, 1.807) is 6.26 Å². The Morgan fingerprint density at radius 3 is 2.53 bits per heavy atom. The zero-order valence-electron chi connectivity index (χ0n) is 9.57. The van der Waals surface area contributed by atoms with E-state index in [9.17, 15) is 5.11 Å². The minimum atomic E-state index is -0.323. The number of aliphatic hydroxyl groups is 1. The first-order valence-corrected chi connectivity index (χ1v) is 5.90. The summed E-state index contributed by atoms with van der Waals surface area (Å²) in [6.45, 7) is 4.22. The van der Waals surface area contributed by atoms with Crippen molar-refractivity contribution in [1.29, 1.82) is 0 Å². The fourth-order valence-electron chi connectivity index (χ4n) is 2.56. The summed E-state index contributed by atoms with van der Waals surface area (Å²) in [4.78, 5) is 0. The van der Waals surface area contributed by atoms with Crippen molar-refractivity contribution in [3.05, 3.63) is 23.7 Å². The van der Waals surface area contributed by atoms with Crippen molar-refractivity contribution < 1.29 is 9.52 Å². The average Bonchev–Trinajstić information content (AvgIpc) is 2.65. The molecule has 1 aliphatic carbocycles. The molecular formula is C13H20O2. The van der Waals surface area contributed by atoms with Gasteiger partial charge in [0.05, 0.1) is 12.4 Å². The van der Waals surface area contributed by atoms with Crippen LogP contribution in [0.4, 0.5) is 0 Å². The average molecular weight is 208 g/mol. The number of aliphatic hydroxyl groups excluding tert-OH is 1. The molecule has 0 aromatic carbocycles. The Bertz CT molecular complexity index is 308. The lowest BCUT2D eigenvalue weighted by Gasteiger charge is -2.29. The summed E-state index contributed by atoms with van der Waals surface area (Å²) >= 11 is 0. The highest BCUT2D eigenvalue weighted by Gasteiger charge is 2.27. The summed E-state index contributed by atoms with van der Waals surface area (Å²) in [7, 11) is 0. The minimum absolute atomic E-state index is 0.323. The molecule has 1 N–H and O–H groups in total. The van der Waals surface area contributed by atoms with E-state index in [1.807, 2.05) is 13.0 Å². The Hall–Kier alpha value is -0.760.